The molecular weight excluding hydrogens is 234 g/mol. The highest BCUT2D eigenvalue weighted by molar-refractivity contribution is 5.86. The molecule has 1 atom stereocenters. The second kappa shape index (κ2) is 5.01. The van der Waals surface area contributed by atoms with Gasteiger partial charge in [-0.3, -0.25) is 4.98 Å². The van der Waals surface area contributed by atoms with Gasteiger partial charge in [-0.2, -0.15) is 0 Å². The van der Waals surface area contributed by atoms with Gasteiger partial charge in [0.1, 0.15) is 11.9 Å². The molecule has 2 rings (SSSR count). The molecule has 0 amide bonds. The maximum Gasteiger partial charge on any atom is 0.373 e. The SMILES string of the molecule is COC(=O)c1ccc(C(O)c2cncc(C)c2)o1. The van der Waals surface area contributed by atoms with Gasteiger partial charge in [-0.1, -0.05) is 0 Å². The molecule has 0 saturated carbocycles. The molecule has 0 spiro atoms. The third kappa shape index (κ3) is 2.41. The van der Waals surface area contributed by atoms with Gasteiger partial charge in [-0.05, 0) is 30.7 Å². The van der Waals surface area contributed by atoms with Gasteiger partial charge >= 0.3 is 5.97 Å². The number of ether oxygens (including phenoxy) is 1. The van der Waals surface area contributed by atoms with Crippen LogP contribution in [0.2, 0.25) is 0 Å². The number of nitrogens with zero attached hydrogens (tertiary/aromatic N) is 1. The number of carbonyl (C=O) groups excluding carboxylic acids is 1. The van der Waals surface area contributed by atoms with E-state index in [4.69, 9.17) is 4.42 Å². The summed E-state index contributed by atoms with van der Waals surface area (Å²) in [6, 6.07) is 4.81. The van der Waals surface area contributed by atoms with Crippen LogP contribution < -0.4 is 0 Å². The summed E-state index contributed by atoms with van der Waals surface area (Å²) in [4.78, 5) is 15.2. The number of aliphatic hydroxyl groups is 1. The second-order valence-electron chi connectivity index (χ2n) is 3.89. The van der Waals surface area contributed by atoms with E-state index < -0.39 is 12.1 Å². The first kappa shape index (κ1) is 12.3. The van der Waals surface area contributed by atoms with Gasteiger partial charge < -0.3 is 14.3 Å². The highest BCUT2D eigenvalue weighted by Gasteiger charge is 2.18. The number of furan rings is 1. The largest absolute Gasteiger partial charge is 0.463 e. The van der Waals surface area contributed by atoms with Crippen LogP contribution in [-0.2, 0) is 4.74 Å². The monoisotopic (exact) mass is 247 g/mol. The minimum Gasteiger partial charge on any atom is -0.463 e. The Hall–Kier alpha value is -2.14. The molecule has 2 aromatic rings. The molecule has 0 aliphatic carbocycles. The summed E-state index contributed by atoms with van der Waals surface area (Å²) in [6.07, 6.45) is 2.30. The normalized spacial score (nSPS) is 12.2. The molecule has 2 aromatic heterocycles. The molecule has 1 N–H and O–H groups in total. The van der Waals surface area contributed by atoms with Crippen LogP contribution in [0, 0.1) is 6.92 Å². The molecule has 0 radical (unpaired) electrons. The molecule has 2 heterocycles. The number of hydrogen-bond acceptors (Lipinski definition) is 5. The van der Waals surface area contributed by atoms with E-state index in [1.54, 1.807) is 24.5 Å². The average molecular weight is 247 g/mol. The molecule has 5 nitrogen and oxygen atoms in total. The first-order valence-corrected chi connectivity index (χ1v) is 5.39. The van der Waals surface area contributed by atoms with Crippen LogP contribution in [-0.4, -0.2) is 23.2 Å². The summed E-state index contributed by atoms with van der Waals surface area (Å²) in [7, 11) is 1.27. The van der Waals surface area contributed by atoms with E-state index in [9.17, 15) is 9.90 Å². The van der Waals surface area contributed by atoms with E-state index in [0.29, 0.717) is 5.56 Å². The van der Waals surface area contributed by atoms with Crippen LogP contribution >= 0.6 is 0 Å². The number of esters is 1. The first-order valence-electron chi connectivity index (χ1n) is 5.39. The fourth-order valence-corrected chi connectivity index (χ4v) is 1.60. The molecule has 0 aromatic carbocycles. The van der Waals surface area contributed by atoms with Crippen molar-refractivity contribution >= 4 is 5.97 Å². The standard InChI is InChI=1S/C13H13NO4/c1-8-5-9(7-14-6-8)12(15)10-3-4-11(18-10)13(16)17-2/h3-7,12,15H,1-2H3. The van der Waals surface area contributed by atoms with Crippen molar-refractivity contribution in [1.82, 2.24) is 4.98 Å². The van der Waals surface area contributed by atoms with Crippen LogP contribution in [0.15, 0.2) is 35.0 Å². The third-order valence-corrected chi connectivity index (χ3v) is 2.49. The van der Waals surface area contributed by atoms with Gasteiger partial charge in [0.05, 0.1) is 7.11 Å². The quantitative estimate of drug-likeness (QED) is 0.838. The van der Waals surface area contributed by atoms with E-state index >= 15 is 0 Å². The average Bonchev–Trinajstić information content (AvgIpc) is 2.86. The number of carbonyl (C=O) groups is 1. The van der Waals surface area contributed by atoms with Gasteiger partial charge in [-0.15, -0.1) is 0 Å². The van der Waals surface area contributed by atoms with Gasteiger partial charge in [0.15, 0.2) is 0 Å². The molecule has 0 fully saturated rings. The lowest BCUT2D eigenvalue weighted by Gasteiger charge is -2.08. The van der Waals surface area contributed by atoms with Crippen molar-refractivity contribution in [3.05, 3.63) is 53.2 Å². The first-order chi connectivity index (χ1) is 8.61. The van der Waals surface area contributed by atoms with Crippen molar-refractivity contribution in [2.24, 2.45) is 0 Å². The number of aryl methyl sites for hydroxylation is 1. The lowest BCUT2D eigenvalue weighted by molar-refractivity contribution is 0.0558. The Bertz CT molecular complexity index is 562. The minimum atomic E-state index is -0.948. The van der Waals surface area contributed by atoms with E-state index in [0.717, 1.165) is 5.56 Å². The van der Waals surface area contributed by atoms with E-state index in [-0.39, 0.29) is 11.5 Å². The number of rotatable bonds is 3. The van der Waals surface area contributed by atoms with Crippen molar-refractivity contribution < 1.29 is 19.1 Å². The minimum absolute atomic E-state index is 0.0622. The zero-order chi connectivity index (χ0) is 13.1. The van der Waals surface area contributed by atoms with E-state index in [1.165, 1.54) is 13.2 Å². The van der Waals surface area contributed by atoms with Crippen LogP contribution in [0.5, 0.6) is 0 Å². The summed E-state index contributed by atoms with van der Waals surface area (Å²) < 4.78 is 9.77. The van der Waals surface area contributed by atoms with Gasteiger partial charge in [0.2, 0.25) is 5.76 Å². The smallest absolute Gasteiger partial charge is 0.373 e. The summed E-state index contributed by atoms with van der Waals surface area (Å²) in [5.74, 6) is -0.231. The number of hydrogen-bond donors (Lipinski definition) is 1. The zero-order valence-electron chi connectivity index (χ0n) is 10.1. The van der Waals surface area contributed by atoms with Crippen LogP contribution in [0.1, 0.15) is 33.5 Å². The summed E-state index contributed by atoms with van der Waals surface area (Å²) in [6.45, 7) is 1.88. The highest BCUT2D eigenvalue weighted by atomic mass is 16.5. The fraction of sp³-hybridized carbons (Fsp3) is 0.231. The molecular formula is C13H13NO4. The fourth-order valence-electron chi connectivity index (χ4n) is 1.60. The van der Waals surface area contributed by atoms with E-state index in [1.807, 2.05) is 6.92 Å². The Morgan fingerprint density at radius 1 is 1.44 bits per heavy atom. The Balaban J connectivity index is 2.26. The Kier molecular flexibility index (Phi) is 3.43. The lowest BCUT2D eigenvalue weighted by atomic mass is 10.1. The van der Waals surface area contributed by atoms with Crippen LogP contribution in [0.4, 0.5) is 0 Å². The molecule has 18 heavy (non-hydrogen) atoms. The van der Waals surface area contributed by atoms with Gasteiger partial charge in [0, 0.05) is 18.0 Å². The maximum atomic E-state index is 11.2. The Morgan fingerprint density at radius 3 is 2.89 bits per heavy atom. The molecule has 1 unspecified atom stereocenters. The van der Waals surface area contributed by atoms with Crippen molar-refractivity contribution in [3.8, 4) is 0 Å². The molecule has 0 saturated heterocycles. The van der Waals surface area contributed by atoms with Crippen molar-refractivity contribution in [1.29, 1.82) is 0 Å². The molecule has 5 heteroatoms. The molecule has 0 bridgehead atoms. The van der Waals surface area contributed by atoms with Gasteiger partial charge in [0.25, 0.3) is 0 Å². The Labute approximate surface area is 104 Å². The number of methoxy groups -OCH3 is 1. The van der Waals surface area contributed by atoms with E-state index in [2.05, 4.69) is 9.72 Å². The van der Waals surface area contributed by atoms with Crippen LogP contribution in [0.3, 0.4) is 0 Å². The topological polar surface area (TPSA) is 72.6 Å². The van der Waals surface area contributed by atoms with Crippen molar-refractivity contribution in [2.75, 3.05) is 7.11 Å². The predicted molar refractivity (Wildman–Crippen MR) is 63.1 cm³/mol. The van der Waals surface area contributed by atoms with Crippen LogP contribution in [0.25, 0.3) is 0 Å². The summed E-state index contributed by atoms with van der Waals surface area (Å²) in [5, 5.41) is 10.1. The molecule has 0 aliphatic rings. The number of aromatic nitrogens is 1. The third-order valence-electron chi connectivity index (χ3n) is 2.49. The maximum absolute atomic E-state index is 11.2. The lowest BCUT2D eigenvalue weighted by Crippen LogP contribution is -2.01. The number of aliphatic hydroxyl groups excluding tert-OH is 1. The second-order valence-corrected chi connectivity index (χ2v) is 3.89. The zero-order valence-corrected chi connectivity index (χ0v) is 10.1. The van der Waals surface area contributed by atoms with Crippen molar-refractivity contribution in [3.63, 3.8) is 0 Å². The highest BCUT2D eigenvalue weighted by Crippen LogP contribution is 2.24. The Morgan fingerprint density at radius 2 is 2.22 bits per heavy atom. The molecule has 0 aliphatic heterocycles. The summed E-state index contributed by atoms with van der Waals surface area (Å²) >= 11 is 0. The summed E-state index contributed by atoms with van der Waals surface area (Å²) in [5.41, 5.74) is 1.55. The number of pyridine rings is 1. The molecule has 94 valence electrons. The predicted octanol–water partition coefficient (Wildman–Crippen LogP) is 1.85. The van der Waals surface area contributed by atoms with Crippen molar-refractivity contribution in [2.45, 2.75) is 13.0 Å². The van der Waals surface area contributed by atoms with Gasteiger partial charge in [-0.25, -0.2) is 4.79 Å².